The molecule has 25 heavy (non-hydrogen) atoms. The van der Waals surface area contributed by atoms with Crippen LogP contribution in [-0.4, -0.2) is 39.9 Å². The summed E-state index contributed by atoms with van der Waals surface area (Å²) in [7, 11) is 0. The average Bonchev–Trinajstić information content (AvgIpc) is 3.22. The second-order valence-corrected chi connectivity index (χ2v) is 5.70. The normalized spacial score (nSPS) is 19.6. The summed E-state index contributed by atoms with van der Waals surface area (Å²) in [5.74, 6) is -0.159. The van der Waals surface area contributed by atoms with Crippen molar-refractivity contribution in [3.8, 4) is 0 Å². The van der Waals surface area contributed by atoms with Gasteiger partial charge in [-0.2, -0.15) is 4.98 Å². The Balaban J connectivity index is 1.55. The number of aromatic carboxylic acids is 1. The van der Waals surface area contributed by atoms with Crippen molar-refractivity contribution in [2.75, 3.05) is 6.61 Å². The van der Waals surface area contributed by atoms with Gasteiger partial charge in [-0.25, -0.2) is 9.59 Å². The Morgan fingerprint density at radius 2 is 2.24 bits per heavy atom. The predicted molar refractivity (Wildman–Crippen MR) is 84.9 cm³/mol. The number of aromatic nitrogens is 2. The summed E-state index contributed by atoms with van der Waals surface area (Å²) in [6.07, 6.45) is 0.163. The molecule has 2 heterocycles. The van der Waals surface area contributed by atoms with Crippen LogP contribution in [0.2, 0.25) is 0 Å². The number of rotatable bonds is 5. The molecule has 0 unspecified atom stereocenters. The van der Waals surface area contributed by atoms with Gasteiger partial charge in [0.15, 0.2) is 11.9 Å². The van der Waals surface area contributed by atoms with Crippen molar-refractivity contribution in [1.29, 1.82) is 0 Å². The summed E-state index contributed by atoms with van der Waals surface area (Å²) in [5, 5.41) is 18.2. The van der Waals surface area contributed by atoms with Crippen molar-refractivity contribution in [2.24, 2.45) is 0 Å². The summed E-state index contributed by atoms with van der Waals surface area (Å²) in [6.45, 7) is 2.41. The average molecular weight is 346 g/mol. The van der Waals surface area contributed by atoms with E-state index in [9.17, 15) is 9.59 Å². The van der Waals surface area contributed by atoms with Crippen LogP contribution in [0.1, 0.15) is 40.2 Å². The third-order valence-electron chi connectivity index (χ3n) is 3.82. The largest absolute Gasteiger partial charge is 0.478 e. The molecule has 9 heteroatoms. The zero-order chi connectivity index (χ0) is 17.8. The third kappa shape index (κ3) is 4.13. The summed E-state index contributed by atoms with van der Waals surface area (Å²) in [5.41, 5.74) is 0.873. The van der Waals surface area contributed by atoms with Crippen molar-refractivity contribution in [2.45, 2.75) is 32.0 Å². The van der Waals surface area contributed by atoms with E-state index in [0.29, 0.717) is 30.3 Å². The van der Waals surface area contributed by atoms with Gasteiger partial charge in [-0.15, -0.1) is 0 Å². The van der Waals surface area contributed by atoms with Gasteiger partial charge in [0.05, 0.1) is 11.6 Å². The van der Waals surface area contributed by atoms with Crippen LogP contribution in [0.5, 0.6) is 0 Å². The number of carboxylic acids is 1. The van der Waals surface area contributed by atoms with Crippen LogP contribution >= 0.6 is 0 Å². The van der Waals surface area contributed by atoms with Crippen LogP contribution in [-0.2, 0) is 11.3 Å². The molecule has 1 aliphatic heterocycles. The highest BCUT2D eigenvalue weighted by Gasteiger charge is 2.35. The van der Waals surface area contributed by atoms with Crippen molar-refractivity contribution in [1.82, 2.24) is 20.8 Å². The summed E-state index contributed by atoms with van der Waals surface area (Å²) >= 11 is 0. The minimum absolute atomic E-state index is 0.177. The van der Waals surface area contributed by atoms with Gasteiger partial charge in [-0.3, -0.25) is 0 Å². The van der Waals surface area contributed by atoms with Gasteiger partial charge in [-0.05, 0) is 31.0 Å². The van der Waals surface area contributed by atoms with Crippen LogP contribution in [0.15, 0.2) is 28.8 Å². The first-order chi connectivity index (χ1) is 12.0. The number of hydrogen-bond donors (Lipinski definition) is 3. The van der Waals surface area contributed by atoms with Crippen LogP contribution in [0.25, 0.3) is 0 Å². The fourth-order valence-corrected chi connectivity index (χ4v) is 2.63. The van der Waals surface area contributed by atoms with Gasteiger partial charge in [0.2, 0.25) is 0 Å². The lowest BCUT2D eigenvalue weighted by Crippen LogP contribution is -2.43. The molecule has 1 fully saturated rings. The van der Waals surface area contributed by atoms with E-state index in [4.69, 9.17) is 14.4 Å². The van der Waals surface area contributed by atoms with E-state index in [1.807, 2.05) is 0 Å². The van der Waals surface area contributed by atoms with Gasteiger partial charge in [0.1, 0.15) is 0 Å². The lowest BCUT2D eigenvalue weighted by molar-refractivity contribution is 0.0696. The highest BCUT2D eigenvalue weighted by Crippen LogP contribution is 2.27. The van der Waals surface area contributed by atoms with E-state index >= 15 is 0 Å². The molecule has 2 amide bonds. The zero-order valence-electron chi connectivity index (χ0n) is 13.6. The van der Waals surface area contributed by atoms with Gasteiger partial charge < -0.3 is 25.0 Å². The number of carboxylic acid groups (broad SMARTS) is 1. The third-order valence-corrected chi connectivity index (χ3v) is 3.82. The highest BCUT2D eigenvalue weighted by atomic mass is 16.5. The summed E-state index contributed by atoms with van der Waals surface area (Å²) < 4.78 is 10.7. The number of amides is 2. The number of aryl methyl sites for hydroxylation is 1. The zero-order valence-corrected chi connectivity index (χ0v) is 13.6. The molecule has 0 spiro atoms. The molecule has 1 aromatic heterocycles. The Morgan fingerprint density at radius 1 is 1.40 bits per heavy atom. The first-order valence-corrected chi connectivity index (χ1v) is 7.81. The van der Waals surface area contributed by atoms with Crippen molar-refractivity contribution in [3.05, 3.63) is 47.1 Å². The molecule has 0 bridgehead atoms. The number of ether oxygens (including phenoxy) is 1. The molecule has 1 aliphatic rings. The van der Waals surface area contributed by atoms with Crippen LogP contribution in [0.4, 0.5) is 4.79 Å². The maximum atomic E-state index is 12.1. The SMILES string of the molecule is Cc1noc([C@@H]2OCC[C@@H]2NC(=O)NCc2cccc(C(=O)O)c2)n1. The first-order valence-electron chi connectivity index (χ1n) is 7.81. The molecule has 3 N–H and O–H groups in total. The van der Waals surface area contributed by atoms with E-state index < -0.39 is 12.1 Å². The number of carbonyl (C=O) groups excluding carboxylic acids is 1. The molecule has 3 rings (SSSR count). The number of urea groups is 1. The second-order valence-electron chi connectivity index (χ2n) is 5.70. The molecular weight excluding hydrogens is 328 g/mol. The van der Waals surface area contributed by atoms with E-state index in [1.54, 1.807) is 19.1 Å². The molecule has 1 saturated heterocycles. The number of carbonyl (C=O) groups is 2. The predicted octanol–water partition coefficient (Wildman–Crippen LogP) is 1.41. The first kappa shape index (κ1) is 16.9. The van der Waals surface area contributed by atoms with Gasteiger partial charge in [-0.1, -0.05) is 17.3 Å². The fourth-order valence-electron chi connectivity index (χ4n) is 2.63. The highest BCUT2D eigenvalue weighted by molar-refractivity contribution is 5.87. The lowest BCUT2D eigenvalue weighted by atomic mass is 10.1. The van der Waals surface area contributed by atoms with Gasteiger partial charge in [0, 0.05) is 13.2 Å². The smallest absolute Gasteiger partial charge is 0.335 e. The molecule has 0 aliphatic carbocycles. The molecule has 2 aromatic rings. The minimum Gasteiger partial charge on any atom is -0.478 e. The number of nitrogens with zero attached hydrogens (tertiary/aromatic N) is 2. The van der Waals surface area contributed by atoms with E-state index in [-0.39, 0.29) is 24.2 Å². The van der Waals surface area contributed by atoms with E-state index in [2.05, 4.69) is 20.8 Å². The van der Waals surface area contributed by atoms with Crippen molar-refractivity contribution < 1.29 is 24.0 Å². The molecular formula is C16H18N4O5. The molecule has 9 nitrogen and oxygen atoms in total. The summed E-state index contributed by atoms with van der Waals surface area (Å²) in [4.78, 5) is 27.2. The second kappa shape index (κ2) is 7.31. The van der Waals surface area contributed by atoms with Crippen LogP contribution in [0, 0.1) is 6.92 Å². The van der Waals surface area contributed by atoms with Crippen LogP contribution in [0.3, 0.4) is 0 Å². The maximum absolute atomic E-state index is 12.1. The Hall–Kier alpha value is -2.94. The standard InChI is InChI=1S/C16H18N4O5/c1-9-18-14(25-20-9)13-12(5-6-24-13)19-16(23)17-8-10-3-2-4-11(7-10)15(21)22/h2-4,7,12-13H,5-6,8H2,1H3,(H,21,22)(H2,17,19,23)/t12-,13+/m0/s1. The molecule has 132 valence electrons. The van der Waals surface area contributed by atoms with E-state index in [1.165, 1.54) is 12.1 Å². The number of nitrogens with one attached hydrogen (secondary N) is 2. The minimum atomic E-state index is -1.01. The lowest BCUT2D eigenvalue weighted by Gasteiger charge is -2.17. The van der Waals surface area contributed by atoms with E-state index in [0.717, 1.165) is 0 Å². The Bertz CT molecular complexity index is 775. The van der Waals surface area contributed by atoms with Crippen LogP contribution < -0.4 is 10.6 Å². The van der Waals surface area contributed by atoms with Crippen molar-refractivity contribution >= 4 is 12.0 Å². The quantitative estimate of drug-likeness (QED) is 0.747. The topological polar surface area (TPSA) is 127 Å². The number of hydrogen-bond acceptors (Lipinski definition) is 6. The Morgan fingerprint density at radius 3 is 2.96 bits per heavy atom. The van der Waals surface area contributed by atoms with Gasteiger partial charge in [0.25, 0.3) is 5.89 Å². The maximum Gasteiger partial charge on any atom is 0.335 e. The monoisotopic (exact) mass is 346 g/mol. The summed E-state index contributed by atoms with van der Waals surface area (Å²) in [6, 6.07) is 5.75. The Kier molecular flexibility index (Phi) is 4.94. The fraction of sp³-hybridized carbons (Fsp3) is 0.375. The molecule has 1 aromatic carbocycles. The Labute approximate surface area is 143 Å². The molecule has 0 radical (unpaired) electrons. The number of benzene rings is 1. The van der Waals surface area contributed by atoms with Crippen molar-refractivity contribution in [3.63, 3.8) is 0 Å². The van der Waals surface area contributed by atoms with Gasteiger partial charge >= 0.3 is 12.0 Å². The molecule has 0 saturated carbocycles. The molecule has 2 atom stereocenters.